The van der Waals surface area contributed by atoms with Gasteiger partial charge in [0.25, 0.3) is 0 Å². The highest BCUT2D eigenvalue weighted by atomic mass is 32.2. The summed E-state index contributed by atoms with van der Waals surface area (Å²) in [4.78, 5) is 12.6. The number of nitrogens with one attached hydrogen (secondary N) is 1. The number of aromatic nitrogens is 3. The molecule has 1 saturated heterocycles. The lowest BCUT2D eigenvalue weighted by atomic mass is 10.4. The van der Waals surface area contributed by atoms with E-state index in [1.807, 2.05) is 22.9 Å². The van der Waals surface area contributed by atoms with Crippen LogP contribution >= 0.6 is 24.0 Å². The van der Waals surface area contributed by atoms with Crippen LogP contribution in [0.1, 0.15) is 5.69 Å². The quantitative estimate of drug-likeness (QED) is 0.795. The maximum atomic E-state index is 5.52. The third-order valence-electron chi connectivity index (χ3n) is 3.50. The van der Waals surface area contributed by atoms with E-state index in [-0.39, 0.29) is 0 Å². The Morgan fingerprint density at radius 3 is 3.00 bits per heavy atom. The smallest absolute Gasteiger partial charge is 0.233 e. The Morgan fingerprint density at radius 2 is 2.25 bits per heavy atom. The molecule has 3 rings (SSSR count). The number of likely N-dealkylation sites (N-methyl/N-ethyl adjacent to an activating group) is 1. The number of imidazole rings is 1. The zero-order chi connectivity index (χ0) is 13.9. The van der Waals surface area contributed by atoms with Crippen LogP contribution in [0.3, 0.4) is 0 Å². The Hall–Kier alpha value is -1.18. The van der Waals surface area contributed by atoms with Crippen LogP contribution in [-0.4, -0.2) is 56.8 Å². The van der Waals surface area contributed by atoms with Gasteiger partial charge >= 0.3 is 0 Å². The molecule has 0 aromatic carbocycles. The molecule has 0 spiro atoms. The predicted molar refractivity (Wildman–Crippen MR) is 85.1 cm³/mol. The van der Waals surface area contributed by atoms with Crippen LogP contribution in [0, 0.1) is 0 Å². The highest BCUT2D eigenvalue weighted by molar-refractivity contribution is 8.22. The summed E-state index contributed by atoms with van der Waals surface area (Å²) in [6.07, 6.45) is 5.74. The van der Waals surface area contributed by atoms with E-state index in [2.05, 4.69) is 21.9 Å². The van der Waals surface area contributed by atoms with Gasteiger partial charge in [0.2, 0.25) is 5.78 Å². The first kappa shape index (κ1) is 13.8. The van der Waals surface area contributed by atoms with Crippen molar-refractivity contribution >= 4 is 34.1 Å². The fourth-order valence-electron chi connectivity index (χ4n) is 2.25. The van der Waals surface area contributed by atoms with Gasteiger partial charge in [-0.15, -0.1) is 0 Å². The summed E-state index contributed by atoms with van der Waals surface area (Å²) in [5.41, 5.74) is 1.02. The molecule has 0 unspecified atom stereocenters. The highest BCUT2D eigenvalue weighted by Crippen LogP contribution is 2.16. The summed E-state index contributed by atoms with van der Waals surface area (Å²) < 4.78 is 2.93. The molecule has 3 heterocycles. The molecule has 106 valence electrons. The second-order valence-corrected chi connectivity index (χ2v) is 6.67. The third kappa shape index (κ3) is 3.11. The summed E-state index contributed by atoms with van der Waals surface area (Å²) in [5.74, 6) is 1.55. The second-order valence-electron chi connectivity index (χ2n) is 5.06. The SMILES string of the molecule is C[NH+]1CCN(C(=S)SCc2cn3cccnc3n2)CC1. The molecule has 1 aliphatic rings. The predicted octanol–water partition coefficient (Wildman–Crippen LogP) is 0.0777. The van der Waals surface area contributed by atoms with Gasteiger partial charge in [-0.05, 0) is 6.07 Å². The Labute approximate surface area is 128 Å². The number of thiocarbonyl (C=S) groups is 1. The van der Waals surface area contributed by atoms with Gasteiger partial charge in [-0.25, -0.2) is 9.97 Å². The van der Waals surface area contributed by atoms with E-state index in [0.29, 0.717) is 0 Å². The van der Waals surface area contributed by atoms with Crippen molar-refractivity contribution in [2.75, 3.05) is 33.2 Å². The molecule has 5 nitrogen and oxygen atoms in total. The summed E-state index contributed by atoms with van der Waals surface area (Å²) in [6, 6.07) is 1.91. The molecule has 0 saturated carbocycles. The standard InChI is InChI=1S/C13H17N5S2/c1-16-5-7-17(8-6-16)13(19)20-10-11-9-18-4-2-3-14-12(18)15-11/h2-4,9H,5-8,10H2,1H3/p+1. The van der Waals surface area contributed by atoms with Crippen LogP contribution < -0.4 is 4.90 Å². The number of quaternary nitrogens is 1. The van der Waals surface area contributed by atoms with Gasteiger partial charge in [0.05, 0.1) is 38.9 Å². The molecule has 0 bridgehead atoms. The number of fused-ring (bicyclic) bond motifs is 1. The maximum absolute atomic E-state index is 5.52. The number of nitrogens with zero attached hydrogens (tertiary/aromatic N) is 4. The molecular formula is C13H18N5S2+. The normalized spacial score (nSPS) is 16.8. The minimum atomic E-state index is 0.747. The summed E-state index contributed by atoms with van der Waals surface area (Å²) in [7, 11) is 2.23. The van der Waals surface area contributed by atoms with Crippen molar-refractivity contribution in [3.8, 4) is 0 Å². The van der Waals surface area contributed by atoms with E-state index in [9.17, 15) is 0 Å². The molecule has 0 radical (unpaired) electrons. The van der Waals surface area contributed by atoms with Gasteiger partial charge < -0.3 is 9.80 Å². The average Bonchev–Trinajstić information content (AvgIpc) is 2.88. The van der Waals surface area contributed by atoms with Crippen molar-refractivity contribution in [1.82, 2.24) is 19.3 Å². The van der Waals surface area contributed by atoms with Crippen molar-refractivity contribution in [3.63, 3.8) is 0 Å². The lowest BCUT2D eigenvalue weighted by Gasteiger charge is -2.31. The summed E-state index contributed by atoms with van der Waals surface area (Å²) >= 11 is 7.22. The van der Waals surface area contributed by atoms with E-state index in [4.69, 9.17) is 12.2 Å². The van der Waals surface area contributed by atoms with Gasteiger partial charge in [0, 0.05) is 24.3 Å². The van der Waals surface area contributed by atoms with Gasteiger partial charge in [0.1, 0.15) is 4.32 Å². The van der Waals surface area contributed by atoms with Gasteiger partial charge in [0.15, 0.2) is 0 Å². The van der Waals surface area contributed by atoms with Crippen LogP contribution in [0.4, 0.5) is 0 Å². The molecule has 20 heavy (non-hydrogen) atoms. The number of hydrogen-bond acceptors (Lipinski definition) is 4. The minimum Gasteiger partial charge on any atom is -0.346 e. The monoisotopic (exact) mass is 308 g/mol. The molecule has 7 heteroatoms. The number of rotatable bonds is 2. The van der Waals surface area contributed by atoms with Crippen LogP contribution in [0.2, 0.25) is 0 Å². The van der Waals surface area contributed by atoms with E-state index >= 15 is 0 Å². The molecule has 2 aromatic rings. The largest absolute Gasteiger partial charge is 0.346 e. The van der Waals surface area contributed by atoms with E-state index in [1.165, 1.54) is 13.1 Å². The fraction of sp³-hybridized carbons (Fsp3) is 0.462. The first-order valence-electron chi connectivity index (χ1n) is 6.74. The Morgan fingerprint density at radius 1 is 1.45 bits per heavy atom. The van der Waals surface area contributed by atoms with Crippen molar-refractivity contribution in [2.24, 2.45) is 0 Å². The van der Waals surface area contributed by atoms with Crippen molar-refractivity contribution in [2.45, 2.75) is 5.75 Å². The Kier molecular flexibility index (Phi) is 4.18. The van der Waals surface area contributed by atoms with Gasteiger partial charge in [-0.1, -0.05) is 24.0 Å². The van der Waals surface area contributed by atoms with Crippen LogP contribution in [0.25, 0.3) is 5.78 Å². The lowest BCUT2D eigenvalue weighted by molar-refractivity contribution is -0.883. The fourth-order valence-corrected chi connectivity index (χ4v) is 3.38. The minimum absolute atomic E-state index is 0.747. The molecular weight excluding hydrogens is 290 g/mol. The zero-order valence-electron chi connectivity index (χ0n) is 11.5. The summed E-state index contributed by atoms with van der Waals surface area (Å²) in [5, 5.41) is 0. The van der Waals surface area contributed by atoms with Crippen molar-refractivity contribution in [3.05, 3.63) is 30.4 Å². The molecule has 0 atom stereocenters. The first-order chi connectivity index (χ1) is 9.72. The van der Waals surface area contributed by atoms with E-state index in [0.717, 1.165) is 34.6 Å². The molecule has 1 N–H and O–H groups in total. The van der Waals surface area contributed by atoms with Crippen LogP contribution in [-0.2, 0) is 5.75 Å². The highest BCUT2D eigenvalue weighted by Gasteiger charge is 2.19. The number of hydrogen-bond donors (Lipinski definition) is 1. The lowest BCUT2D eigenvalue weighted by Crippen LogP contribution is -3.12. The zero-order valence-corrected chi connectivity index (χ0v) is 13.1. The molecule has 1 fully saturated rings. The Bertz CT molecular complexity index is 571. The average molecular weight is 308 g/mol. The maximum Gasteiger partial charge on any atom is 0.233 e. The van der Waals surface area contributed by atoms with Crippen molar-refractivity contribution in [1.29, 1.82) is 0 Å². The second kappa shape index (κ2) is 6.07. The van der Waals surface area contributed by atoms with Gasteiger partial charge in [-0.2, -0.15) is 0 Å². The molecule has 2 aromatic heterocycles. The molecule has 0 amide bonds. The van der Waals surface area contributed by atoms with E-state index < -0.39 is 0 Å². The first-order valence-corrected chi connectivity index (χ1v) is 8.13. The van der Waals surface area contributed by atoms with Crippen LogP contribution in [0.5, 0.6) is 0 Å². The topological polar surface area (TPSA) is 37.9 Å². The molecule has 0 aliphatic carbocycles. The van der Waals surface area contributed by atoms with E-state index in [1.54, 1.807) is 22.9 Å². The summed E-state index contributed by atoms with van der Waals surface area (Å²) in [6.45, 7) is 4.45. The third-order valence-corrected chi connectivity index (χ3v) is 5.06. The van der Waals surface area contributed by atoms with Gasteiger partial charge in [-0.3, -0.25) is 4.40 Å². The van der Waals surface area contributed by atoms with Crippen LogP contribution in [0.15, 0.2) is 24.7 Å². The number of thioether (sulfide) groups is 1. The molecule has 1 aliphatic heterocycles. The Balaban J connectivity index is 1.57. The number of piperazine rings is 1. The van der Waals surface area contributed by atoms with Crippen molar-refractivity contribution < 1.29 is 4.90 Å².